The van der Waals surface area contributed by atoms with E-state index in [0.717, 1.165) is 35.3 Å². The van der Waals surface area contributed by atoms with Gasteiger partial charge in [-0.15, -0.1) is 10.2 Å². The molecule has 0 unspecified atom stereocenters. The maximum Gasteiger partial charge on any atom is 0.191 e. The summed E-state index contributed by atoms with van der Waals surface area (Å²) in [6, 6.07) is 16.3. The molecule has 0 saturated carbocycles. The van der Waals surface area contributed by atoms with Crippen molar-refractivity contribution in [1.82, 2.24) is 25.4 Å². The molecular formula is C23H30N6O. The first-order chi connectivity index (χ1) is 14.6. The van der Waals surface area contributed by atoms with E-state index >= 15 is 0 Å². The van der Waals surface area contributed by atoms with Crippen molar-refractivity contribution in [3.63, 3.8) is 0 Å². The van der Waals surface area contributed by atoms with Gasteiger partial charge in [0.25, 0.3) is 0 Å². The van der Waals surface area contributed by atoms with Crippen LogP contribution < -0.4 is 15.4 Å². The summed E-state index contributed by atoms with van der Waals surface area (Å²) >= 11 is 0. The fourth-order valence-corrected chi connectivity index (χ4v) is 3.01. The van der Waals surface area contributed by atoms with Gasteiger partial charge in [0.15, 0.2) is 11.8 Å². The molecule has 0 aliphatic carbocycles. The molecule has 7 heteroatoms. The van der Waals surface area contributed by atoms with E-state index in [1.807, 2.05) is 55.7 Å². The predicted octanol–water partition coefficient (Wildman–Crippen LogP) is 3.62. The molecule has 1 aromatic heterocycles. The molecule has 0 saturated heterocycles. The quantitative estimate of drug-likeness (QED) is 0.441. The van der Waals surface area contributed by atoms with Crippen LogP contribution in [-0.2, 0) is 13.1 Å². The highest BCUT2D eigenvalue weighted by molar-refractivity contribution is 5.79. The first-order valence-corrected chi connectivity index (χ1v) is 10.3. The summed E-state index contributed by atoms with van der Waals surface area (Å²) in [5.74, 6) is 2.41. The molecule has 2 aromatic carbocycles. The van der Waals surface area contributed by atoms with Gasteiger partial charge in [-0.2, -0.15) is 0 Å². The number of benzene rings is 2. The summed E-state index contributed by atoms with van der Waals surface area (Å²) in [4.78, 5) is 4.74. The molecule has 2 N–H and O–H groups in total. The van der Waals surface area contributed by atoms with Crippen LogP contribution in [0.4, 0.5) is 0 Å². The summed E-state index contributed by atoms with van der Waals surface area (Å²) in [6.07, 6.45) is 1.84. The maximum absolute atomic E-state index is 5.97. The van der Waals surface area contributed by atoms with Gasteiger partial charge in [0, 0.05) is 17.8 Å². The van der Waals surface area contributed by atoms with Gasteiger partial charge in [0.2, 0.25) is 0 Å². The van der Waals surface area contributed by atoms with Crippen LogP contribution in [0.1, 0.15) is 37.7 Å². The SMILES string of the molecule is CCNC(=NCc1ccc(C)cc1OC(C)C)NCc1nncn1-c1ccccc1. The normalized spacial score (nSPS) is 11.6. The Morgan fingerprint density at radius 3 is 2.67 bits per heavy atom. The van der Waals surface area contributed by atoms with Crippen molar-refractivity contribution in [2.24, 2.45) is 4.99 Å². The van der Waals surface area contributed by atoms with E-state index in [9.17, 15) is 0 Å². The predicted molar refractivity (Wildman–Crippen MR) is 120 cm³/mol. The summed E-state index contributed by atoms with van der Waals surface area (Å²) in [5.41, 5.74) is 3.25. The Kier molecular flexibility index (Phi) is 7.43. The number of ether oxygens (including phenoxy) is 1. The number of hydrogen-bond donors (Lipinski definition) is 2. The third-order valence-corrected chi connectivity index (χ3v) is 4.40. The van der Waals surface area contributed by atoms with Crippen LogP contribution in [0, 0.1) is 6.92 Å². The molecule has 7 nitrogen and oxygen atoms in total. The average molecular weight is 407 g/mol. The van der Waals surface area contributed by atoms with E-state index in [0.29, 0.717) is 13.1 Å². The highest BCUT2D eigenvalue weighted by Crippen LogP contribution is 2.22. The zero-order chi connectivity index (χ0) is 21.3. The Hall–Kier alpha value is -3.35. The minimum absolute atomic E-state index is 0.116. The molecule has 1 heterocycles. The molecule has 3 aromatic rings. The van der Waals surface area contributed by atoms with Gasteiger partial charge in [-0.05, 0) is 51.5 Å². The number of guanidine groups is 1. The van der Waals surface area contributed by atoms with Crippen molar-refractivity contribution in [2.45, 2.75) is 46.9 Å². The number of para-hydroxylation sites is 1. The number of aromatic nitrogens is 3. The topological polar surface area (TPSA) is 76.4 Å². The Labute approximate surface area is 178 Å². The molecule has 0 aliphatic rings. The molecule has 0 bridgehead atoms. The van der Waals surface area contributed by atoms with E-state index < -0.39 is 0 Å². The van der Waals surface area contributed by atoms with Crippen molar-refractivity contribution < 1.29 is 4.74 Å². The first kappa shape index (κ1) is 21.4. The van der Waals surface area contributed by atoms with Gasteiger partial charge >= 0.3 is 0 Å². The van der Waals surface area contributed by atoms with Crippen LogP contribution in [0.3, 0.4) is 0 Å². The lowest BCUT2D eigenvalue weighted by Crippen LogP contribution is -2.37. The molecular weight excluding hydrogens is 376 g/mol. The summed E-state index contributed by atoms with van der Waals surface area (Å²) in [5, 5.41) is 14.9. The lowest BCUT2D eigenvalue weighted by atomic mass is 10.1. The van der Waals surface area contributed by atoms with Gasteiger partial charge in [-0.3, -0.25) is 4.57 Å². The maximum atomic E-state index is 5.97. The fourth-order valence-electron chi connectivity index (χ4n) is 3.01. The van der Waals surface area contributed by atoms with Crippen molar-refractivity contribution in [3.05, 3.63) is 71.8 Å². The zero-order valence-corrected chi connectivity index (χ0v) is 18.1. The van der Waals surface area contributed by atoms with Crippen LogP contribution >= 0.6 is 0 Å². The second kappa shape index (κ2) is 10.4. The fraction of sp³-hybridized carbons (Fsp3) is 0.348. The molecule has 0 radical (unpaired) electrons. The van der Waals surface area contributed by atoms with Gasteiger partial charge < -0.3 is 15.4 Å². The Balaban J connectivity index is 1.72. The van der Waals surface area contributed by atoms with E-state index in [2.05, 4.69) is 46.0 Å². The minimum atomic E-state index is 0.116. The monoisotopic (exact) mass is 406 g/mol. The van der Waals surface area contributed by atoms with Gasteiger partial charge in [0.1, 0.15) is 12.1 Å². The Morgan fingerprint density at radius 1 is 1.13 bits per heavy atom. The van der Waals surface area contributed by atoms with Crippen LogP contribution in [0.5, 0.6) is 5.75 Å². The van der Waals surface area contributed by atoms with E-state index in [4.69, 9.17) is 9.73 Å². The lowest BCUT2D eigenvalue weighted by molar-refractivity contribution is 0.240. The third kappa shape index (κ3) is 5.83. The van der Waals surface area contributed by atoms with Crippen molar-refractivity contribution >= 4 is 5.96 Å². The Morgan fingerprint density at radius 2 is 1.93 bits per heavy atom. The number of hydrogen-bond acceptors (Lipinski definition) is 4. The largest absolute Gasteiger partial charge is 0.491 e. The number of aliphatic imine (C=N–C) groups is 1. The number of rotatable bonds is 8. The van der Waals surface area contributed by atoms with Crippen LogP contribution in [0.25, 0.3) is 5.69 Å². The Bertz CT molecular complexity index is 965. The number of nitrogens with one attached hydrogen (secondary N) is 2. The molecule has 0 spiro atoms. The number of aryl methyl sites for hydroxylation is 1. The van der Waals surface area contributed by atoms with Gasteiger partial charge in [-0.25, -0.2) is 4.99 Å². The smallest absolute Gasteiger partial charge is 0.191 e. The summed E-state index contributed by atoms with van der Waals surface area (Å²) in [6.45, 7) is 9.96. The van der Waals surface area contributed by atoms with E-state index in [-0.39, 0.29) is 6.10 Å². The molecule has 0 aliphatic heterocycles. The zero-order valence-electron chi connectivity index (χ0n) is 18.1. The van der Waals surface area contributed by atoms with Crippen molar-refractivity contribution in [1.29, 1.82) is 0 Å². The van der Waals surface area contributed by atoms with Crippen molar-refractivity contribution in [2.75, 3.05) is 6.54 Å². The summed E-state index contributed by atoms with van der Waals surface area (Å²) < 4.78 is 7.93. The lowest BCUT2D eigenvalue weighted by Gasteiger charge is -2.15. The van der Waals surface area contributed by atoms with E-state index in [1.54, 1.807) is 6.33 Å². The second-order valence-corrected chi connectivity index (χ2v) is 7.28. The molecule has 158 valence electrons. The minimum Gasteiger partial charge on any atom is -0.491 e. The van der Waals surface area contributed by atoms with Crippen LogP contribution in [0.15, 0.2) is 59.9 Å². The molecule has 3 rings (SSSR count). The van der Waals surface area contributed by atoms with Gasteiger partial charge in [0.05, 0.1) is 19.2 Å². The third-order valence-electron chi connectivity index (χ3n) is 4.40. The highest BCUT2D eigenvalue weighted by atomic mass is 16.5. The molecule has 0 atom stereocenters. The van der Waals surface area contributed by atoms with Gasteiger partial charge in [-0.1, -0.05) is 30.3 Å². The first-order valence-electron chi connectivity index (χ1n) is 10.3. The van der Waals surface area contributed by atoms with Crippen LogP contribution in [-0.4, -0.2) is 33.4 Å². The number of nitrogens with zero attached hydrogens (tertiary/aromatic N) is 4. The van der Waals surface area contributed by atoms with Crippen molar-refractivity contribution in [3.8, 4) is 11.4 Å². The van der Waals surface area contributed by atoms with E-state index in [1.165, 1.54) is 5.56 Å². The molecule has 30 heavy (non-hydrogen) atoms. The summed E-state index contributed by atoms with van der Waals surface area (Å²) in [7, 11) is 0. The molecule has 0 amide bonds. The van der Waals surface area contributed by atoms with Crippen LogP contribution in [0.2, 0.25) is 0 Å². The standard InChI is InChI=1S/C23H30N6O/c1-5-24-23(25-14-19-12-11-18(4)13-21(19)30-17(2)3)26-15-22-28-27-16-29(22)20-9-7-6-8-10-20/h6-13,16-17H,5,14-15H2,1-4H3,(H2,24,25,26). The average Bonchev–Trinajstić information content (AvgIpc) is 3.20. The second-order valence-electron chi connectivity index (χ2n) is 7.28. The highest BCUT2D eigenvalue weighted by Gasteiger charge is 2.09. The molecule has 0 fully saturated rings.